The molecule has 0 fully saturated rings. The fraction of sp³-hybridized carbons (Fsp3) is 0.143. The van der Waals surface area contributed by atoms with Crippen molar-refractivity contribution in [1.82, 2.24) is 0 Å². The van der Waals surface area contributed by atoms with E-state index in [1.54, 1.807) is 31.2 Å². The highest BCUT2D eigenvalue weighted by Crippen LogP contribution is 2.20. The topological polar surface area (TPSA) is 43.4 Å². The number of halogens is 1. The van der Waals surface area contributed by atoms with Gasteiger partial charge in [-0.1, -0.05) is 70.5 Å². The first kappa shape index (κ1) is 17.4. The van der Waals surface area contributed by atoms with Crippen LogP contribution in [0, 0.1) is 0 Å². The average molecular weight is 397 g/mol. The Morgan fingerprint density at radius 1 is 0.960 bits per heavy atom. The molecule has 0 heterocycles. The molecule has 0 unspecified atom stereocenters. The lowest BCUT2D eigenvalue weighted by Crippen LogP contribution is -2.25. The Bertz CT molecular complexity index is 911. The summed E-state index contributed by atoms with van der Waals surface area (Å²) in [5.41, 5.74) is 1.42. The van der Waals surface area contributed by atoms with Gasteiger partial charge in [-0.2, -0.15) is 0 Å². The molecule has 0 bridgehead atoms. The Morgan fingerprint density at radius 2 is 1.64 bits per heavy atom. The van der Waals surface area contributed by atoms with Crippen LogP contribution in [0.2, 0.25) is 0 Å². The fourth-order valence-corrected chi connectivity index (χ4v) is 3.01. The minimum atomic E-state index is -0.816. The molecule has 3 aromatic carbocycles. The van der Waals surface area contributed by atoms with E-state index in [0.29, 0.717) is 5.56 Å². The second-order valence-corrected chi connectivity index (χ2v) is 6.73. The molecule has 0 N–H and O–H groups in total. The van der Waals surface area contributed by atoms with Crippen molar-refractivity contribution in [3.8, 4) is 0 Å². The number of benzene rings is 3. The quantitative estimate of drug-likeness (QED) is 0.452. The van der Waals surface area contributed by atoms with Gasteiger partial charge in [0, 0.05) is 10.0 Å². The molecule has 0 amide bonds. The number of hydrogen-bond donors (Lipinski definition) is 0. The Labute approximate surface area is 154 Å². The molecule has 0 aliphatic rings. The van der Waals surface area contributed by atoms with E-state index in [1.165, 1.54) is 0 Å². The third kappa shape index (κ3) is 4.15. The summed E-state index contributed by atoms with van der Waals surface area (Å²) in [6, 6.07) is 20.7. The third-order valence-corrected chi connectivity index (χ3v) is 4.55. The van der Waals surface area contributed by atoms with Crippen molar-refractivity contribution in [3.63, 3.8) is 0 Å². The van der Waals surface area contributed by atoms with E-state index in [0.717, 1.165) is 20.8 Å². The van der Waals surface area contributed by atoms with Gasteiger partial charge in [0.2, 0.25) is 5.78 Å². The number of Topliss-reactive ketones (excluding diaryl/α,β-unsaturated/α-hetero) is 1. The van der Waals surface area contributed by atoms with Crippen LogP contribution in [-0.2, 0) is 16.0 Å². The molecule has 0 aliphatic carbocycles. The Hall–Kier alpha value is -2.46. The van der Waals surface area contributed by atoms with Crippen LogP contribution in [0.3, 0.4) is 0 Å². The summed E-state index contributed by atoms with van der Waals surface area (Å²) in [6.07, 6.45) is -0.678. The number of esters is 1. The maximum Gasteiger partial charge on any atom is 0.310 e. The molecule has 0 aliphatic heterocycles. The van der Waals surface area contributed by atoms with Crippen LogP contribution in [0.15, 0.2) is 71.2 Å². The molecule has 1 atom stereocenters. The largest absolute Gasteiger partial charge is 0.454 e. The predicted molar refractivity (Wildman–Crippen MR) is 102 cm³/mol. The maximum absolute atomic E-state index is 12.4. The van der Waals surface area contributed by atoms with E-state index in [9.17, 15) is 9.59 Å². The first-order valence-electron chi connectivity index (χ1n) is 8.00. The smallest absolute Gasteiger partial charge is 0.310 e. The predicted octanol–water partition coefficient (Wildman–Crippen LogP) is 4.96. The van der Waals surface area contributed by atoms with Gasteiger partial charge in [0.05, 0.1) is 6.42 Å². The second-order valence-electron chi connectivity index (χ2n) is 5.82. The number of carbonyl (C=O) groups is 2. The SMILES string of the molecule is C[C@H](OC(=O)Cc1cccc2ccccc12)C(=O)c1ccc(Br)cc1. The first-order valence-corrected chi connectivity index (χ1v) is 8.80. The van der Waals surface area contributed by atoms with Gasteiger partial charge in [0.15, 0.2) is 6.10 Å². The highest BCUT2D eigenvalue weighted by molar-refractivity contribution is 9.10. The van der Waals surface area contributed by atoms with E-state index in [1.807, 2.05) is 42.5 Å². The Balaban J connectivity index is 1.69. The summed E-state index contributed by atoms with van der Waals surface area (Å²) in [5.74, 6) is -0.618. The third-order valence-electron chi connectivity index (χ3n) is 4.02. The number of ketones is 1. The van der Waals surface area contributed by atoms with Gasteiger partial charge < -0.3 is 4.74 Å². The molecule has 0 saturated carbocycles. The number of hydrogen-bond acceptors (Lipinski definition) is 3. The van der Waals surface area contributed by atoms with E-state index in [4.69, 9.17) is 4.74 Å². The molecule has 3 aromatic rings. The van der Waals surface area contributed by atoms with Crippen molar-refractivity contribution in [2.24, 2.45) is 0 Å². The minimum Gasteiger partial charge on any atom is -0.454 e. The number of carbonyl (C=O) groups excluding carboxylic acids is 2. The summed E-state index contributed by atoms with van der Waals surface area (Å²) < 4.78 is 6.24. The summed E-state index contributed by atoms with van der Waals surface area (Å²) in [7, 11) is 0. The van der Waals surface area contributed by atoms with Gasteiger partial charge in [0.25, 0.3) is 0 Å². The lowest BCUT2D eigenvalue weighted by molar-refractivity contribution is -0.145. The molecule has 4 heteroatoms. The van der Waals surface area contributed by atoms with Crippen LogP contribution < -0.4 is 0 Å². The molecular weight excluding hydrogens is 380 g/mol. The highest BCUT2D eigenvalue weighted by atomic mass is 79.9. The molecule has 3 nitrogen and oxygen atoms in total. The van der Waals surface area contributed by atoms with Crippen LogP contribution in [0.4, 0.5) is 0 Å². The summed E-state index contributed by atoms with van der Waals surface area (Å²) in [4.78, 5) is 24.6. The van der Waals surface area contributed by atoms with E-state index in [2.05, 4.69) is 15.9 Å². The molecule has 25 heavy (non-hydrogen) atoms. The van der Waals surface area contributed by atoms with Gasteiger partial charge in [-0.3, -0.25) is 9.59 Å². The summed E-state index contributed by atoms with van der Waals surface area (Å²) in [5, 5.41) is 2.10. The molecule has 126 valence electrons. The number of rotatable bonds is 5. The average Bonchev–Trinajstić information content (AvgIpc) is 2.62. The van der Waals surface area contributed by atoms with Crippen LogP contribution in [0.1, 0.15) is 22.8 Å². The van der Waals surface area contributed by atoms with Crippen molar-refractivity contribution >= 4 is 38.5 Å². The monoisotopic (exact) mass is 396 g/mol. The maximum atomic E-state index is 12.4. The number of ether oxygens (including phenoxy) is 1. The van der Waals surface area contributed by atoms with Crippen LogP contribution in [0.5, 0.6) is 0 Å². The summed E-state index contributed by atoms with van der Waals surface area (Å²) >= 11 is 3.33. The van der Waals surface area contributed by atoms with Gasteiger partial charge >= 0.3 is 5.97 Å². The van der Waals surface area contributed by atoms with Crippen LogP contribution >= 0.6 is 15.9 Å². The normalized spacial score (nSPS) is 11.9. The van der Waals surface area contributed by atoms with Crippen molar-refractivity contribution in [3.05, 3.63) is 82.3 Å². The zero-order chi connectivity index (χ0) is 17.8. The molecule has 3 rings (SSSR count). The fourth-order valence-electron chi connectivity index (χ4n) is 2.74. The van der Waals surface area contributed by atoms with Crippen LogP contribution in [-0.4, -0.2) is 17.9 Å². The van der Waals surface area contributed by atoms with E-state index in [-0.39, 0.29) is 12.2 Å². The van der Waals surface area contributed by atoms with Crippen molar-refractivity contribution < 1.29 is 14.3 Å². The Morgan fingerprint density at radius 3 is 2.40 bits per heavy atom. The minimum absolute atomic E-state index is 0.138. The number of fused-ring (bicyclic) bond motifs is 1. The lowest BCUT2D eigenvalue weighted by atomic mass is 10.0. The standard InChI is InChI=1S/C21H17BrO3/c1-14(21(24)16-9-11-18(22)12-10-16)25-20(23)13-17-7-4-6-15-5-2-3-8-19(15)17/h2-12,14H,13H2,1H3/t14-/m0/s1. The summed E-state index contributed by atoms with van der Waals surface area (Å²) in [6.45, 7) is 1.60. The molecular formula is C21H17BrO3. The molecule has 0 saturated heterocycles. The second kappa shape index (κ2) is 7.62. The lowest BCUT2D eigenvalue weighted by Gasteiger charge is -2.13. The molecule has 0 spiro atoms. The van der Waals surface area contributed by atoms with Gasteiger partial charge in [-0.15, -0.1) is 0 Å². The van der Waals surface area contributed by atoms with E-state index >= 15 is 0 Å². The van der Waals surface area contributed by atoms with Crippen molar-refractivity contribution in [2.75, 3.05) is 0 Å². The molecule has 0 radical (unpaired) electrons. The van der Waals surface area contributed by atoms with Gasteiger partial charge in [-0.05, 0) is 35.4 Å². The molecule has 0 aromatic heterocycles. The van der Waals surface area contributed by atoms with Crippen molar-refractivity contribution in [2.45, 2.75) is 19.4 Å². The van der Waals surface area contributed by atoms with Crippen LogP contribution in [0.25, 0.3) is 10.8 Å². The van der Waals surface area contributed by atoms with E-state index < -0.39 is 12.1 Å². The first-order chi connectivity index (χ1) is 12.0. The van der Waals surface area contributed by atoms with Gasteiger partial charge in [0.1, 0.15) is 0 Å². The van der Waals surface area contributed by atoms with Gasteiger partial charge in [-0.25, -0.2) is 0 Å². The zero-order valence-electron chi connectivity index (χ0n) is 13.7. The highest BCUT2D eigenvalue weighted by Gasteiger charge is 2.20. The van der Waals surface area contributed by atoms with Crippen molar-refractivity contribution in [1.29, 1.82) is 0 Å². The Kier molecular flexibility index (Phi) is 5.29. The zero-order valence-corrected chi connectivity index (χ0v) is 15.3.